The number of rotatable bonds is 6. The second-order valence-electron chi connectivity index (χ2n) is 7.63. The average molecular weight is 399 g/mol. The summed E-state index contributed by atoms with van der Waals surface area (Å²) in [5, 5.41) is 10.5. The summed E-state index contributed by atoms with van der Waals surface area (Å²) in [6, 6.07) is 21.4. The van der Waals surface area contributed by atoms with Gasteiger partial charge in [0.2, 0.25) is 5.78 Å². The molecule has 0 bridgehead atoms. The van der Waals surface area contributed by atoms with Crippen LogP contribution in [0.25, 0.3) is 6.08 Å². The summed E-state index contributed by atoms with van der Waals surface area (Å²) in [5.74, 6) is 0.717. The van der Waals surface area contributed by atoms with Crippen molar-refractivity contribution in [3.63, 3.8) is 0 Å². The molecule has 1 heterocycles. The van der Waals surface area contributed by atoms with E-state index in [1.807, 2.05) is 37.4 Å². The highest BCUT2D eigenvalue weighted by Crippen LogP contribution is 2.40. The lowest BCUT2D eigenvalue weighted by atomic mass is 10.0. The summed E-state index contributed by atoms with van der Waals surface area (Å²) in [6.07, 6.45) is 2.73. The first-order valence-electron chi connectivity index (χ1n) is 10.2. The van der Waals surface area contributed by atoms with E-state index in [1.54, 1.807) is 18.2 Å². The number of fused-ring (bicyclic) bond motifs is 1. The molecule has 0 unspecified atom stereocenters. The van der Waals surface area contributed by atoms with E-state index in [0.29, 0.717) is 23.4 Å². The molecular formula is C26H25NO3. The molecule has 0 aliphatic carbocycles. The quantitative estimate of drug-likeness (QED) is 0.579. The van der Waals surface area contributed by atoms with Gasteiger partial charge in [-0.25, -0.2) is 0 Å². The molecule has 4 rings (SSSR count). The first-order valence-corrected chi connectivity index (χ1v) is 10.2. The van der Waals surface area contributed by atoms with Crippen molar-refractivity contribution >= 4 is 11.9 Å². The van der Waals surface area contributed by atoms with Crippen molar-refractivity contribution in [2.24, 2.45) is 0 Å². The zero-order chi connectivity index (χ0) is 21.1. The fraction of sp³-hybridized carbons (Fsp3) is 0.192. The lowest BCUT2D eigenvalue weighted by Crippen LogP contribution is -2.17. The third-order valence-electron chi connectivity index (χ3n) is 5.33. The topological polar surface area (TPSA) is 49.8 Å². The molecule has 3 aromatic rings. The van der Waals surface area contributed by atoms with Gasteiger partial charge in [0, 0.05) is 13.1 Å². The second-order valence-corrected chi connectivity index (χ2v) is 7.63. The maximum atomic E-state index is 12.9. The molecule has 4 heteroatoms. The van der Waals surface area contributed by atoms with Crippen LogP contribution in [0.15, 0.2) is 72.5 Å². The monoisotopic (exact) mass is 399 g/mol. The molecule has 0 atom stereocenters. The summed E-state index contributed by atoms with van der Waals surface area (Å²) in [6.45, 7) is 3.30. The van der Waals surface area contributed by atoms with Crippen molar-refractivity contribution in [1.29, 1.82) is 0 Å². The Kier molecular flexibility index (Phi) is 5.68. The van der Waals surface area contributed by atoms with Crippen LogP contribution in [-0.2, 0) is 19.5 Å². The van der Waals surface area contributed by atoms with Gasteiger partial charge in [0.05, 0.1) is 11.1 Å². The highest BCUT2D eigenvalue weighted by atomic mass is 16.5. The number of nitrogens with zero attached hydrogens (tertiary/aromatic N) is 1. The summed E-state index contributed by atoms with van der Waals surface area (Å²) >= 11 is 0. The van der Waals surface area contributed by atoms with Crippen LogP contribution in [0.1, 0.15) is 39.5 Å². The van der Waals surface area contributed by atoms with Crippen molar-refractivity contribution in [2.45, 2.75) is 26.4 Å². The maximum Gasteiger partial charge on any atom is 0.231 e. The van der Waals surface area contributed by atoms with Gasteiger partial charge in [0.25, 0.3) is 0 Å². The number of carbonyl (C=O) groups excluding carboxylic acids is 1. The normalized spacial score (nSPS) is 14.2. The van der Waals surface area contributed by atoms with E-state index in [-0.39, 0.29) is 17.3 Å². The van der Waals surface area contributed by atoms with Crippen LogP contribution < -0.4 is 4.74 Å². The molecule has 0 saturated carbocycles. The molecule has 0 radical (unpaired) electrons. The van der Waals surface area contributed by atoms with Crippen molar-refractivity contribution in [3.05, 3.63) is 100 Å². The summed E-state index contributed by atoms with van der Waals surface area (Å²) in [7, 11) is 1.98. The number of phenolic OH excluding ortho intramolecular Hbond substituents is 1. The third-order valence-corrected chi connectivity index (χ3v) is 5.33. The van der Waals surface area contributed by atoms with Gasteiger partial charge in [-0.3, -0.25) is 9.69 Å². The highest BCUT2D eigenvalue weighted by Gasteiger charge is 2.31. The molecule has 0 spiro atoms. The van der Waals surface area contributed by atoms with Gasteiger partial charge in [-0.05, 0) is 48.4 Å². The average Bonchev–Trinajstić information content (AvgIpc) is 3.07. The molecular weight excluding hydrogens is 374 g/mol. The Bertz CT molecular complexity index is 1090. The molecule has 0 saturated heterocycles. The SMILES string of the molecule is CCc1ccc(/C=C2\Oc3c(ccc(O)c3CN(C)Cc3ccccc3)C2=O)cc1. The van der Waals surface area contributed by atoms with E-state index >= 15 is 0 Å². The Balaban J connectivity index is 1.58. The van der Waals surface area contributed by atoms with Crippen LogP contribution in [-0.4, -0.2) is 22.8 Å². The number of carbonyl (C=O) groups is 1. The number of ether oxygens (including phenoxy) is 1. The minimum absolute atomic E-state index is 0.134. The first-order chi connectivity index (χ1) is 14.5. The van der Waals surface area contributed by atoms with Crippen LogP contribution in [0.4, 0.5) is 0 Å². The number of allylic oxidation sites excluding steroid dienone is 1. The number of Topliss-reactive ketones (excluding diaryl/α,β-unsaturated/α-hetero) is 1. The van der Waals surface area contributed by atoms with Crippen LogP contribution in [0, 0.1) is 0 Å². The predicted molar refractivity (Wildman–Crippen MR) is 118 cm³/mol. The molecule has 30 heavy (non-hydrogen) atoms. The fourth-order valence-corrected chi connectivity index (χ4v) is 3.67. The van der Waals surface area contributed by atoms with Gasteiger partial charge >= 0.3 is 0 Å². The third kappa shape index (κ3) is 4.14. The fourth-order valence-electron chi connectivity index (χ4n) is 3.67. The predicted octanol–water partition coefficient (Wildman–Crippen LogP) is 5.20. The van der Waals surface area contributed by atoms with E-state index in [1.165, 1.54) is 11.1 Å². The smallest absolute Gasteiger partial charge is 0.231 e. The number of benzene rings is 3. The molecule has 1 N–H and O–H groups in total. The molecule has 0 fully saturated rings. The first kappa shape index (κ1) is 19.9. The van der Waals surface area contributed by atoms with E-state index in [9.17, 15) is 9.90 Å². The van der Waals surface area contributed by atoms with Crippen LogP contribution in [0.5, 0.6) is 11.5 Å². The van der Waals surface area contributed by atoms with Crippen LogP contribution >= 0.6 is 0 Å². The Morgan fingerprint density at radius 1 is 0.933 bits per heavy atom. The second kappa shape index (κ2) is 8.56. The van der Waals surface area contributed by atoms with E-state index in [0.717, 1.165) is 18.5 Å². The Hall–Kier alpha value is -3.37. The van der Waals surface area contributed by atoms with Gasteiger partial charge in [-0.1, -0.05) is 61.5 Å². The summed E-state index contributed by atoms with van der Waals surface area (Å²) in [4.78, 5) is 15.0. The molecule has 1 aliphatic heterocycles. The maximum absolute atomic E-state index is 12.9. The summed E-state index contributed by atoms with van der Waals surface area (Å²) in [5.41, 5.74) is 4.46. The number of aromatic hydroxyl groups is 1. The molecule has 0 aromatic heterocycles. The van der Waals surface area contributed by atoms with Crippen molar-refractivity contribution in [3.8, 4) is 11.5 Å². The molecule has 4 nitrogen and oxygen atoms in total. The zero-order valence-electron chi connectivity index (χ0n) is 17.3. The van der Waals surface area contributed by atoms with Crippen molar-refractivity contribution in [1.82, 2.24) is 4.90 Å². The van der Waals surface area contributed by atoms with Gasteiger partial charge in [0.15, 0.2) is 5.76 Å². The highest BCUT2D eigenvalue weighted by molar-refractivity contribution is 6.15. The van der Waals surface area contributed by atoms with E-state index in [4.69, 9.17) is 4.74 Å². The van der Waals surface area contributed by atoms with E-state index < -0.39 is 0 Å². The lowest BCUT2D eigenvalue weighted by molar-refractivity contribution is 0.101. The molecule has 152 valence electrons. The van der Waals surface area contributed by atoms with Crippen LogP contribution in [0.2, 0.25) is 0 Å². The molecule has 0 amide bonds. The van der Waals surface area contributed by atoms with Gasteiger partial charge < -0.3 is 9.84 Å². The number of aryl methyl sites for hydroxylation is 1. The van der Waals surface area contributed by atoms with Gasteiger partial charge in [0.1, 0.15) is 11.5 Å². The largest absolute Gasteiger partial charge is 0.507 e. The van der Waals surface area contributed by atoms with Gasteiger partial charge in [-0.2, -0.15) is 0 Å². The standard InChI is InChI=1S/C26H25NO3/c1-3-18-9-11-19(12-10-18)15-24-25(29)21-13-14-23(28)22(26(21)30-24)17-27(2)16-20-7-5-4-6-8-20/h4-15,28H,3,16-17H2,1-2H3/b24-15-. The lowest BCUT2D eigenvalue weighted by Gasteiger charge is -2.19. The minimum atomic E-state index is -0.156. The summed E-state index contributed by atoms with van der Waals surface area (Å²) < 4.78 is 5.97. The van der Waals surface area contributed by atoms with Crippen molar-refractivity contribution in [2.75, 3.05) is 7.05 Å². The van der Waals surface area contributed by atoms with E-state index in [2.05, 4.69) is 36.1 Å². The number of hydrogen-bond donors (Lipinski definition) is 1. The molecule has 3 aromatic carbocycles. The zero-order valence-corrected chi connectivity index (χ0v) is 17.3. The minimum Gasteiger partial charge on any atom is -0.507 e. The number of hydrogen-bond acceptors (Lipinski definition) is 4. The Labute approximate surface area is 177 Å². The van der Waals surface area contributed by atoms with Gasteiger partial charge in [-0.15, -0.1) is 0 Å². The van der Waals surface area contributed by atoms with Crippen LogP contribution in [0.3, 0.4) is 0 Å². The molecule has 1 aliphatic rings. The Morgan fingerprint density at radius 2 is 1.67 bits per heavy atom. The number of ketones is 1. The Morgan fingerprint density at radius 3 is 2.37 bits per heavy atom. The number of phenols is 1. The van der Waals surface area contributed by atoms with Crippen molar-refractivity contribution < 1.29 is 14.6 Å².